The zero-order chi connectivity index (χ0) is 16.4. The van der Waals surface area contributed by atoms with Crippen LogP contribution in [-0.2, 0) is 0 Å². The number of hydrogen-bond acceptors (Lipinski definition) is 4. The molecule has 120 valence electrons. The quantitative estimate of drug-likeness (QED) is 0.466. The van der Waals surface area contributed by atoms with E-state index < -0.39 is 0 Å². The minimum Gasteiger partial charge on any atom is -0.373 e. The minimum absolute atomic E-state index is 0.0865. The molecule has 3 rings (SSSR count). The SMILES string of the molecule is CC#CCNc1cc(Cl)nc2c(Cl)c([C@H]3CC=CC[C@@H]3N)sc12. The van der Waals surface area contributed by atoms with Gasteiger partial charge in [0.25, 0.3) is 0 Å². The molecule has 0 spiro atoms. The summed E-state index contributed by atoms with van der Waals surface area (Å²) in [5, 5.41) is 4.39. The number of aromatic nitrogens is 1. The molecule has 0 fully saturated rings. The Balaban J connectivity index is 2.07. The zero-order valence-electron chi connectivity index (χ0n) is 12.7. The summed E-state index contributed by atoms with van der Waals surface area (Å²) in [5.41, 5.74) is 7.95. The lowest BCUT2D eigenvalue weighted by Gasteiger charge is -2.24. The van der Waals surface area contributed by atoms with Crippen LogP contribution in [0.5, 0.6) is 0 Å². The van der Waals surface area contributed by atoms with E-state index >= 15 is 0 Å². The van der Waals surface area contributed by atoms with Gasteiger partial charge in [0.2, 0.25) is 0 Å². The van der Waals surface area contributed by atoms with Crippen molar-refractivity contribution in [3.05, 3.63) is 33.3 Å². The van der Waals surface area contributed by atoms with Crippen molar-refractivity contribution in [3.8, 4) is 11.8 Å². The lowest BCUT2D eigenvalue weighted by atomic mass is 9.88. The molecule has 3 nitrogen and oxygen atoms in total. The Morgan fingerprint density at radius 1 is 1.39 bits per heavy atom. The van der Waals surface area contributed by atoms with E-state index in [0.29, 0.717) is 16.7 Å². The van der Waals surface area contributed by atoms with Crippen molar-refractivity contribution in [2.75, 3.05) is 11.9 Å². The van der Waals surface area contributed by atoms with E-state index in [4.69, 9.17) is 28.9 Å². The zero-order valence-corrected chi connectivity index (χ0v) is 15.0. The van der Waals surface area contributed by atoms with Crippen molar-refractivity contribution >= 4 is 50.4 Å². The van der Waals surface area contributed by atoms with Crippen LogP contribution in [0.2, 0.25) is 10.2 Å². The van der Waals surface area contributed by atoms with Gasteiger partial charge in [0, 0.05) is 22.9 Å². The molecule has 6 heteroatoms. The van der Waals surface area contributed by atoms with Gasteiger partial charge in [0.1, 0.15) is 10.7 Å². The molecule has 0 unspecified atom stereocenters. The molecular formula is C17H17Cl2N3S. The van der Waals surface area contributed by atoms with Crippen LogP contribution in [-0.4, -0.2) is 17.6 Å². The number of fused-ring (bicyclic) bond motifs is 1. The van der Waals surface area contributed by atoms with E-state index in [1.165, 1.54) is 0 Å². The third-order valence-electron chi connectivity index (χ3n) is 3.94. The van der Waals surface area contributed by atoms with Crippen molar-refractivity contribution < 1.29 is 0 Å². The fourth-order valence-corrected chi connectivity index (χ4v) is 4.72. The average Bonchev–Trinajstić information content (AvgIpc) is 2.85. The van der Waals surface area contributed by atoms with Crippen molar-refractivity contribution in [3.63, 3.8) is 0 Å². The van der Waals surface area contributed by atoms with Crippen molar-refractivity contribution in [1.29, 1.82) is 0 Å². The minimum atomic E-state index is 0.0865. The number of nitrogens with zero attached hydrogens (tertiary/aromatic N) is 1. The molecule has 0 amide bonds. The van der Waals surface area contributed by atoms with Crippen LogP contribution < -0.4 is 11.1 Å². The summed E-state index contributed by atoms with van der Waals surface area (Å²) in [7, 11) is 0. The predicted molar refractivity (Wildman–Crippen MR) is 101 cm³/mol. The molecule has 0 saturated carbocycles. The van der Waals surface area contributed by atoms with Crippen molar-refractivity contribution in [2.45, 2.75) is 31.7 Å². The topological polar surface area (TPSA) is 50.9 Å². The maximum atomic E-state index is 6.61. The van der Waals surface area contributed by atoms with Gasteiger partial charge in [-0.05, 0) is 19.8 Å². The van der Waals surface area contributed by atoms with Gasteiger partial charge in [0.05, 0.1) is 22.0 Å². The Kier molecular flexibility index (Phi) is 5.13. The highest BCUT2D eigenvalue weighted by molar-refractivity contribution is 7.20. The Bertz CT molecular complexity index is 817. The van der Waals surface area contributed by atoms with Gasteiger partial charge in [0.15, 0.2) is 0 Å². The first-order chi connectivity index (χ1) is 11.1. The normalized spacial score (nSPS) is 20.3. The van der Waals surface area contributed by atoms with E-state index in [0.717, 1.165) is 33.6 Å². The number of thiophene rings is 1. The molecule has 0 radical (unpaired) electrons. The van der Waals surface area contributed by atoms with E-state index in [-0.39, 0.29) is 12.0 Å². The Morgan fingerprint density at radius 3 is 2.91 bits per heavy atom. The van der Waals surface area contributed by atoms with Crippen LogP contribution in [0.3, 0.4) is 0 Å². The van der Waals surface area contributed by atoms with Gasteiger partial charge >= 0.3 is 0 Å². The third-order valence-corrected chi connectivity index (χ3v) is 5.97. The number of rotatable bonds is 3. The third kappa shape index (κ3) is 3.34. The molecule has 0 bridgehead atoms. The predicted octanol–water partition coefficient (Wildman–Crippen LogP) is 4.80. The molecule has 2 aromatic heterocycles. The van der Waals surface area contributed by atoms with Gasteiger partial charge in [-0.15, -0.1) is 17.3 Å². The highest BCUT2D eigenvalue weighted by Gasteiger charge is 2.27. The molecule has 1 aliphatic carbocycles. The number of hydrogen-bond donors (Lipinski definition) is 2. The second-order valence-electron chi connectivity index (χ2n) is 5.44. The highest BCUT2D eigenvalue weighted by Crippen LogP contribution is 2.45. The van der Waals surface area contributed by atoms with Gasteiger partial charge < -0.3 is 11.1 Å². The number of nitrogens with one attached hydrogen (secondary N) is 1. The number of allylic oxidation sites excluding steroid dienone is 1. The first-order valence-corrected chi connectivity index (χ1v) is 9.01. The Hall–Kier alpha value is -1.25. The summed E-state index contributed by atoms with van der Waals surface area (Å²) in [6.07, 6.45) is 6.09. The van der Waals surface area contributed by atoms with E-state index in [9.17, 15) is 0 Å². The molecule has 2 aromatic rings. The number of anilines is 1. The number of halogens is 2. The molecule has 3 N–H and O–H groups in total. The van der Waals surface area contributed by atoms with Gasteiger partial charge in [-0.1, -0.05) is 41.3 Å². The molecule has 23 heavy (non-hydrogen) atoms. The highest BCUT2D eigenvalue weighted by atomic mass is 35.5. The smallest absolute Gasteiger partial charge is 0.131 e. The fraction of sp³-hybridized carbons (Fsp3) is 0.353. The standard InChI is InChI=1S/C17H17Cl2N3S/c1-2-3-8-21-12-9-13(18)22-15-14(19)16(23-17(12)15)10-6-4-5-7-11(10)20/h4-5,9-11H,6-8,20H2,1H3,(H,21,22)/t10-,11-/m0/s1. The lowest BCUT2D eigenvalue weighted by Crippen LogP contribution is -2.29. The van der Waals surface area contributed by atoms with Crippen molar-refractivity contribution in [2.24, 2.45) is 5.73 Å². The maximum Gasteiger partial charge on any atom is 0.131 e. The molecule has 2 atom stereocenters. The summed E-state index contributed by atoms with van der Waals surface area (Å²) < 4.78 is 1.01. The molecule has 0 saturated heterocycles. The maximum absolute atomic E-state index is 6.61. The molecular weight excluding hydrogens is 349 g/mol. The molecule has 2 heterocycles. The summed E-state index contributed by atoms with van der Waals surface area (Å²) in [4.78, 5) is 5.51. The second kappa shape index (κ2) is 7.11. The largest absolute Gasteiger partial charge is 0.373 e. The van der Waals surface area contributed by atoms with Crippen LogP contribution in [0, 0.1) is 11.8 Å². The van der Waals surface area contributed by atoms with Crippen LogP contribution in [0.15, 0.2) is 18.2 Å². The van der Waals surface area contributed by atoms with Crippen LogP contribution in [0.1, 0.15) is 30.6 Å². The second-order valence-corrected chi connectivity index (χ2v) is 7.26. The first-order valence-electron chi connectivity index (χ1n) is 7.44. The van der Waals surface area contributed by atoms with Crippen LogP contribution in [0.25, 0.3) is 10.2 Å². The first kappa shape index (κ1) is 16.6. The van der Waals surface area contributed by atoms with Gasteiger partial charge in [-0.3, -0.25) is 0 Å². The summed E-state index contributed by atoms with van der Waals surface area (Å²) in [6, 6.07) is 1.90. The summed E-state index contributed by atoms with van der Waals surface area (Å²) in [5.74, 6) is 6.09. The van der Waals surface area contributed by atoms with Gasteiger partial charge in [-0.2, -0.15) is 0 Å². The number of nitrogens with two attached hydrogens (primary N) is 1. The lowest BCUT2D eigenvalue weighted by molar-refractivity contribution is 0.528. The molecule has 0 aromatic carbocycles. The van der Waals surface area contributed by atoms with Gasteiger partial charge in [-0.25, -0.2) is 4.98 Å². The molecule has 1 aliphatic rings. The average molecular weight is 366 g/mol. The number of pyridine rings is 1. The summed E-state index contributed by atoms with van der Waals surface area (Å²) in [6.45, 7) is 2.37. The summed E-state index contributed by atoms with van der Waals surface area (Å²) >= 11 is 14.4. The Morgan fingerprint density at radius 2 is 2.17 bits per heavy atom. The van der Waals surface area contributed by atoms with E-state index in [1.807, 2.05) is 13.0 Å². The molecule has 0 aliphatic heterocycles. The van der Waals surface area contributed by atoms with Crippen LogP contribution in [0.4, 0.5) is 5.69 Å². The van der Waals surface area contributed by atoms with Crippen molar-refractivity contribution in [1.82, 2.24) is 4.98 Å². The van der Waals surface area contributed by atoms with E-state index in [2.05, 4.69) is 34.3 Å². The van der Waals surface area contributed by atoms with E-state index in [1.54, 1.807) is 11.3 Å². The monoisotopic (exact) mass is 365 g/mol. The fourth-order valence-electron chi connectivity index (χ4n) is 2.76. The van der Waals surface area contributed by atoms with Crippen LogP contribution >= 0.6 is 34.5 Å². The Labute approximate surface area is 149 Å².